The summed E-state index contributed by atoms with van der Waals surface area (Å²) < 4.78 is 49.1. The van der Waals surface area contributed by atoms with Gasteiger partial charge in [-0.25, -0.2) is 9.97 Å². The number of rotatable bonds is 6. The van der Waals surface area contributed by atoms with Crippen LogP contribution < -0.4 is 4.74 Å². The van der Waals surface area contributed by atoms with E-state index in [9.17, 15) is 18.0 Å². The van der Waals surface area contributed by atoms with Gasteiger partial charge < -0.3 is 18.8 Å². The van der Waals surface area contributed by atoms with Crippen LogP contribution in [0.3, 0.4) is 0 Å². The summed E-state index contributed by atoms with van der Waals surface area (Å²) in [6.07, 6.45) is 4.27. The zero-order chi connectivity index (χ0) is 26.7. The van der Waals surface area contributed by atoms with Crippen LogP contribution in [0.25, 0.3) is 28.4 Å². The third kappa shape index (κ3) is 4.33. The van der Waals surface area contributed by atoms with Crippen molar-refractivity contribution in [2.45, 2.75) is 57.1 Å². The van der Waals surface area contributed by atoms with Crippen molar-refractivity contribution in [3.8, 4) is 17.1 Å². The van der Waals surface area contributed by atoms with E-state index in [1.54, 1.807) is 6.08 Å². The van der Waals surface area contributed by atoms with Gasteiger partial charge in [-0.1, -0.05) is 30.3 Å². The zero-order valence-corrected chi connectivity index (χ0v) is 20.8. The molecule has 2 fully saturated rings. The van der Waals surface area contributed by atoms with Gasteiger partial charge in [-0.15, -0.1) is 10.2 Å². The SMILES string of the molecule is O=C(/C=C/c1c(-c2ccccc2)n(C2CC2)c2ncnc(OC3CC3)c12)N1CCn2c(nnc2C(F)(F)F)C1. The van der Waals surface area contributed by atoms with E-state index in [0.29, 0.717) is 11.9 Å². The summed E-state index contributed by atoms with van der Waals surface area (Å²) in [5.41, 5.74) is 3.47. The normalized spacial score (nSPS) is 17.7. The quantitative estimate of drug-likeness (QED) is 0.334. The van der Waals surface area contributed by atoms with E-state index in [1.807, 2.05) is 30.3 Å². The Hall–Kier alpha value is -4.22. The molecule has 0 saturated heterocycles. The molecule has 4 heterocycles. The van der Waals surface area contributed by atoms with Gasteiger partial charge in [0.2, 0.25) is 17.6 Å². The molecule has 1 amide bonds. The second-order valence-corrected chi connectivity index (χ2v) is 10.1. The van der Waals surface area contributed by atoms with E-state index in [0.717, 1.165) is 58.1 Å². The lowest BCUT2D eigenvalue weighted by Crippen LogP contribution is -2.38. The van der Waals surface area contributed by atoms with Crippen molar-refractivity contribution in [2.75, 3.05) is 6.54 Å². The summed E-state index contributed by atoms with van der Waals surface area (Å²) in [5, 5.41) is 7.74. The van der Waals surface area contributed by atoms with E-state index >= 15 is 0 Å². The molecule has 9 nitrogen and oxygen atoms in total. The number of hydrogen-bond donors (Lipinski definition) is 0. The lowest BCUT2D eigenvalue weighted by molar-refractivity contribution is -0.148. The van der Waals surface area contributed by atoms with Crippen molar-refractivity contribution in [2.24, 2.45) is 0 Å². The highest BCUT2D eigenvalue weighted by molar-refractivity contribution is 6.02. The van der Waals surface area contributed by atoms with Gasteiger partial charge in [0.25, 0.3) is 0 Å². The zero-order valence-electron chi connectivity index (χ0n) is 20.8. The second kappa shape index (κ2) is 8.92. The molecule has 200 valence electrons. The lowest BCUT2D eigenvalue weighted by Gasteiger charge is -2.27. The van der Waals surface area contributed by atoms with Crippen molar-refractivity contribution < 1.29 is 22.7 Å². The van der Waals surface area contributed by atoms with E-state index in [2.05, 4.69) is 24.7 Å². The number of alkyl halides is 3. The topological polar surface area (TPSA) is 91.0 Å². The number of carbonyl (C=O) groups is 1. The molecular formula is C27H24F3N7O2. The molecule has 2 saturated carbocycles. The molecule has 3 aliphatic rings. The van der Waals surface area contributed by atoms with Crippen LogP contribution in [0.15, 0.2) is 42.7 Å². The maximum absolute atomic E-state index is 13.3. The molecule has 0 atom stereocenters. The number of carbonyl (C=O) groups excluding carboxylic acids is 1. The van der Waals surface area contributed by atoms with Gasteiger partial charge in [0.1, 0.15) is 18.1 Å². The Bertz CT molecular complexity index is 1600. The number of aromatic nitrogens is 6. The van der Waals surface area contributed by atoms with Crippen molar-refractivity contribution in [1.82, 2.24) is 34.2 Å². The number of benzene rings is 1. The Morgan fingerprint density at radius 1 is 1.03 bits per heavy atom. The molecule has 0 unspecified atom stereocenters. The number of fused-ring (bicyclic) bond motifs is 2. The van der Waals surface area contributed by atoms with Gasteiger partial charge in [0.15, 0.2) is 5.82 Å². The molecule has 4 aromatic rings. The number of hydrogen-bond acceptors (Lipinski definition) is 6. The fourth-order valence-corrected chi connectivity index (χ4v) is 5.12. The second-order valence-electron chi connectivity index (χ2n) is 10.1. The van der Waals surface area contributed by atoms with Gasteiger partial charge in [0.05, 0.1) is 17.6 Å². The molecule has 0 N–H and O–H groups in total. The van der Waals surface area contributed by atoms with Crippen molar-refractivity contribution in [1.29, 1.82) is 0 Å². The number of ether oxygens (including phenoxy) is 1. The average molecular weight is 536 g/mol. The van der Waals surface area contributed by atoms with Crippen LogP contribution in [0.1, 0.15) is 48.9 Å². The van der Waals surface area contributed by atoms with E-state index in [1.165, 1.54) is 17.3 Å². The summed E-state index contributed by atoms with van der Waals surface area (Å²) in [7, 11) is 0. The Morgan fingerprint density at radius 3 is 2.54 bits per heavy atom. The first-order valence-corrected chi connectivity index (χ1v) is 13.0. The Balaban J connectivity index is 1.28. The molecule has 0 spiro atoms. The molecule has 12 heteroatoms. The van der Waals surface area contributed by atoms with Crippen LogP contribution >= 0.6 is 0 Å². The van der Waals surface area contributed by atoms with Gasteiger partial charge in [-0.05, 0) is 37.3 Å². The van der Waals surface area contributed by atoms with Gasteiger partial charge in [0, 0.05) is 30.8 Å². The van der Waals surface area contributed by atoms with Crippen LogP contribution in [0.2, 0.25) is 0 Å². The highest BCUT2D eigenvalue weighted by atomic mass is 19.4. The summed E-state index contributed by atoms with van der Waals surface area (Å²) in [6.45, 7) is 0.0346. The van der Waals surface area contributed by atoms with Crippen LogP contribution in [-0.4, -0.2) is 52.8 Å². The maximum Gasteiger partial charge on any atom is 0.451 e. The molecule has 1 aromatic carbocycles. The van der Waals surface area contributed by atoms with Gasteiger partial charge >= 0.3 is 6.18 Å². The van der Waals surface area contributed by atoms with Gasteiger partial charge in [-0.3, -0.25) is 4.79 Å². The maximum atomic E-state index is 13.3. The fraction of sp³-hybridized carbons (Fsp3) is 0.370. The number of halogens is 3. The van der Waals surface area contributed by atoms with E-state index in [4.69, 9.17) is 4.74 Å². The van der Waals surface area contributed by atoms with E-state index < -0.39 is 12.0 Å². The summed E-state index contributed by atoms with van der Waals surface area (Å²) in [4.78, 5) is 23.8. The minimum Gasteiger partial charge on any atom is -0.474 e. The standard InChI is InChI=1S/C27H24F3N7O2/c28-27(29,30)26-34-33-20-14-35(12-13-36(20)26)21(38)11-10-19-22-24(31-15-32-25(22)39-18-8-9-18)37(17-6-7-17)23(19)16-4-2-1-3-5-16/h1-5,10-11,15,17-18H,6-9,12-14H2/b11-10+. The van der Waals surface area contributed by atoms with Gasteiger partial charge in [-0.2, -0.15) is 13.2 Å². The van der Waals surface area contributed by atoms with Crippen molar-refractivity contribution in [3.63, 3.8) is 0 Å². The third-order valence-electron chi connectivity index (χ3n) is 7.26. The van der Waals surface area contributed by atoms with E-state index in [-0.39, 0.29) is 37.5 Å². The monoisotopic (exact) mass is 535 g/mol. The summed E-state index contributed by atoms with van der Waals surface area (Å²) in [6, 6.07) is 10.2. The molecule has 2 aliphatic carbocycles. The Labute approximate surface area is 220 Å². The third-order valence-corrected chi connectivity index (χ3v) is 7.26. The minimum absolute atomic E-state index is 0.0276. The molecule has 39 heavy (non-hydrogen) atoms. The average Bonchev–Trinajstić information content (AvgIpc) is 3.86. The van der Waals surface area contributed by atoms with Crippen LogP contribution in [-0.2, 0) is 24.1 Å². The predicted molar refractivity (Wildman–Crippen MR) is 134 cm³/mol. The van der Waals surface area contributed by atoms with Crippen LogP contribution in [0, 0.1) is 0 Å². The number of amides is 1. The molecule has 1 aliphatic heterocycles. The molecule has 7 rings (SSSR count). The molecule has 0 radical (unpaired) electrons. The molecular weight excluding hydrogens is 511 g/mol. The highest BCUT2D eigenvalue weighted by Crippen LogP contribution is 2.47. The first kappa shape index (κ1) is 23.9. The van der Waals surface area contributed by atoms with Crippen LogP contribution in [0.5, 0.6) is 5.88 Å². The van der Waals surface area contributed by atoms with Crippen molar-refractivity contribution in [3.05, 3.63) is 59.9 Å². The smallest absolute Gasteiger partial charge is 0.451 e. The number of nitrogens with zero attached hydrogens (tertiary/aromatic N) is 7. The van der Waals surface area contributed by atoms with Crippen LogP contribution in [0.4, 0.5) is 13.2 Å². The largest absolute Gasteiger partial charge is 0.474 e. The fourth-order valence-electron chi connectivity index (χ4n) is 5.12. The highest BCUT2D eigenvalue weighted by Gasteiger charge is 2.40. The molecule has 3 aromatic heterocycles. The van der Waals surface area contributed by atoms with Crippen molar-refractivity contribution >= 4 is 23.0 Å². The Morgan fingerprint density at radius 2 is 1.82 bits per heavy atom. The summed E-state index contributed by atoms with van der Waals surface area (Å²) in [5.74, 6) is -0.759. The predicted octanol–water partition coefficient (Wildman–Crippen LogP) is 4.64. The molecule has 0 bridgehead atoms. The minimum atomic E-state index is -4.59. The Kier molecular flexibility index (Phi) is 5.46. The lowest BCUT2D eigenvalue weighted by atomic mass is 10.1. The first-order valence-electron chi connectivity index (χ1n) is 13.0. The first-order chi connectivity index (χ1) is 18.9. The summed E-state index contributed by atoms with van der Waals surface area (Å²) >= 11 is 0.